The summed E-state index contributed by atoms with van der Waals surface area (Å²) >= 11 is 0. The van der Waals surface area contributed by atoms with Gasteiger partial charge in [-0.2, -0.15) is 0 Å². The zero-order valence-electron chi connectivity index (χ0n) is 23.2. The maximum Gasteiger partial charge on any atom is 0.346 e. The van der Waals surface area contributed by atoms with E-state index < -0.39 is 41.8 Å². The Labute approximate surface area is 244 Å². The van der Waals surface area contributed by atoms with Gasteiger partial charge in [0.1, 0.15) is 0 Å². The van der Waals surface area contributed by atoms with Crippen molar-refractivity contribution in [3.8, 4) is 0 Å². The van der Waals surface area contributed by atoms with E-state index in [1.165, 1.54) is 36.4 Å². The van der Waals surface area contributed by atoms with Crippen LogP contribution in [-0.2, 0) is 14.3 Å². The maximum atomic E-state index is 11.0. The standard InChI is InChI=1S/C9H4O5.C8H6O4.C6H10O4.C5H12O2/c10-7(11)4-1-2-5-6(3-4)9(13)14-8(5)12;9-7(10)5-1-2-6(4-3-5)8(11)12;7-5(8)3-1-2-4-6(9)10;1-5(2,3-6)4-7/h1-3H,(H,10,11);1-4H,(H,9,10)(H,11,12);1-4H2,(H,7,8)(H,9,10);6-7H,3-4H2,1-2H3. The van der Waals surface area contributed by atoms with Gasteiger partial charge in [-0.1, -0.05) is 13.8 Å². The summed E-state index contributed by atoms with van der Waals surface area (Å²) in [5.41, 5.74) is -0.0645. The molecule has 1 aliphatic rings. The Kier molecular flexibility index (Phi) is 16.1. The first-order valence-corrected chi connectivity index (χ1v) is 12.3. The van der Waals surface area contributed by atoms with Crippen molar-refractivity contribution < 1.29 is 74.0 Å². The van der Waals surface area contributed by atoms with Gasteiger partial charge in [-0.3, -0.25) is 9.59 Å². The minimum absolute atomic E-state index is 0.00917. The molecule has 234 valence electrons. The highest BCUT2D eigenvalue weighted by Gasteiger charge is 2.30. The molecular formula is C28H32O15. The molecule has 1 aliphatic heterocycles. The molecule has 43 heavy (non-hydrogen) atoms. The van der Waals surface area contributed by atoms with Crippen LogP contribution in [0.3, 0.4) is 0 Å². The summed E-state index contributed by atoms with van der Waals surface area (Å²) in [4.78, 5) is 73.0. The lowest BCUT2D eigenvalue weighted by molar-refractivity contribution is -0.139. The van der Waals surface area contributed by atoms with Gasteiger partial charge in [0, 0.05) is 18.3 Å². The summed E-state index contributed by atoms with van der Waals surface area (Å²) in [6.07, 6.45) is 1.02. The zero-order chi connectivity index (χ0) is 33.3. The van der Waals surface area contributed by atoms with Gasteiger partial charge < -0.3 is 40.5 Å². The largest absolute Gasteiger partial charge is 0.481 e. The van der Waals surface area contributed by atoms with Gasteiger partial charge in [-0.25, -0.2) is 24.0 Å². The minimum atomic E-state index is -1.15. The lowest BCUT2D eigenvalue weighted by Gasteiger charge is -2.16. The molecule has 1 heterocycles. The summed E-state index contributed by atoms with van der Waals surface area (Å²) in [5, 5.41) is 58.7. The quantitative estimate of drug-likeness (QED) is 0.116. The Morgan fingerprint density at radius 1 is 0.605 bits per heavy atom. The highest BCUT2D eigenvalue weighted by atomic mass is 16.6. The van der Waals surface area contributed by atoms with Gasteiger partial charge in [0.2, 0.25) is 0 Å². The van der Waals surface area contributed by atoms with Crippen LogP contribution in [0.15, 0.2) is 42.5 Å². The summed E-state index contributed by atoms with van der Waals surface area (Å²) in [7, 11) is 0. The highest BCUT2D eigenvalue weighted by molar-refractivity contribution is 6.15. The monoisotopic (exact) mass is 608 g/mol. The van der Waals surface area contributed by atoms with E-state index in [-0.39, 0.29) is 59.3 Å². The van der Waals surface area contributed by atoms with Crippen LogP contribution in [0.2, 0.25) is 0 Å². The Bertz CT molecular complexity index is 1250. The number of hydrogen-bond donors (Lipinski definition) is 7. The van der Waals surface area contributed by atoms with E-state index in [4.69, 9.17) is 35.7 Å². The Morgan fingerprint density at radius 3 is 1.26 bits per heavy atom. The molecule has 0 saturated carbocycles. The Balaban J connectivity index is 0.000000564. The average Bonchev–Trinajstić information content (AvgIpc) is 3.24. The van der Waals surface area contributed by atoms with Crippen LogP contribution in [0.5, 0.6) is 0 Å². The Hall–Kier alpha value is -5.15. The minimum Gasteiger partial charge on any atom is -0.481 e. The third-order valence-corrected chi connectivity index (χ3v) is 5.16. The van der Waals surface area contributed by atoms with Gasteiger partial charge in [0.25, 0.3) is 0 Å². The number of cyclic esters (lactones) is 2. The molecule has 2 aromatic carbocycles. The van der Waals surface area contributed by atoms with Crippen molar-refractivity contribution in [3.05, 3.63) is 70.3 Å². The van der Waals surface area contributed by atoms with Crippen molar-refractivity contribution in [1.82, 2.24) is 0 Å². The van der Waals surface area contributed by atoms with Crippen LogP contribution in [0, 0.1) is 5.41 Å². The number of rotatable bonds is 10. The second-order valence-electron chi connectivity index (χ2n) is 9.41. The van der Waals surface area contributed by atoms with E-state index in [9.17, 15) is 33.6 Å². The number of benzene rings is 2. The van der Waals surface area contributed by atoms with Crippen molar-refractivity contribution in [2.24, 2.45) is 5.41 Å². The van der Waals surface area contributed by atoms with E-state index in [2.05, 4.69) is 4.74 Å². The molecule has 0 unspecified atom stereocenters. The summed E-state index contributed by atoms with van der Waals surface area (Å²) in [5.74, 6) is -6.55. The van der Waals surface area contributed by atoms with Gasteiger partial charge in [-0.05, 0) is 55.3 Å². The predicted molar refractivity (Wildman–Crippen MR) is 145 cm³/mol. The summed E-state index contributed by atoms with van der Waals surface area (Å²) < 4.78 is 4.30. The molecule has 0 spiro atoms. The van der Waals surface area contributed by atoms with Crippen molar-refractivity contribution in [3.63, 3.8) is 0 Å². The van der Waals surface area contributed by atoms with Crippen LogP contribution in [-0.4, -0.2) is 90.7 Å². The van der Waals surface area contributed by atoms with E-state index in [1.807, 2.05) is 0 Å². The topological polar surface area (TPSA) is 270 Å². The molecule has 0 bridgehead atoms. The number of esters is 2. The fraction of sp³-hybridized carbons (Fsp3) is 0.321. The molecule has 15 heteroatoms. The maximum absolute atomic E-state index is 11.0. The number of carbonyl (C=O) groups excluding carboxylic acids is 2. The van der Waals surface area contributed by atoms with Crippen molar-refractivity contribution in [1.29, 1.82) is 0 Å². The number of carboxylic acids is 5. The number of ether oxygens (including phenoxy) is 1. The molecule has 0 aliphatic carbocycles. The lowest BCUT2D eigenvalue weighted by Crippen LogP contribution is -2.20. The SMILES string of the molecule is CC(C)(CO)CO.O=C(O)CCCCC(=O)O.O=C(O)c1ccc(C(=O)O)cc1.O=C(O)c1ccc2c(c1)C(=O)OC2=O. The molecule has 0 saturated heterocycles. The lowest BCUT2D eigenvalue weighted by atomic mass is 9.97. The average molecular weight is 609 g/mol. The van der Waals surface area contributed by atoms with Gasteiger partial charge in [0.05, 0.1) is 41.0 Å². The highest BCUT2D eigenvalue weighted by Crippen LogP contribution is 2.21. The molecule has 0 atom stereocenters. The molecule has 0 radical (unpaired) electrons. The summed E-state index contributed by atoms with van der Waals surface area (Å²) in [6, 6.07) is 8.67. The zero-order valence-corrected chi connectivity index (χ0v) is 23.2. The fourth-order valence-electron chi connectivity index (χ4n) is 2.58. The van der Waals surface area contributed by atoms with Crippen LogP contribution >= 0.6 is 0 Å². The molecule has 0 fully saturated rings. The first kappa shape index (κ1) is 37.9. The third kappa shape index (κ3) is 14.9. The van der Waals surface area contributed by atoms with Crippen LogP contribution in [0.25, 0.3) is 0 Å². The number of aliphatic hydroxyl groups is 2. The van der Waals surface area contributed by atoms with E-state index in [0.717, 1.165) is 6.07 Å². The molecule has 2 aromatic rings. The summed E-state index contributed by atoms with van der Waals surface area (Å²) in [6.45, 7) is 3.69. The molecular weight excluding hydrogens is 576 g/mol. The molecule has 7 N–H and O–H groups in total. The molecule has 0 amide bonds. The van der Waals surface area contributed by atoms with Crippen LogP contribution in [0.4, 0.5) is 0 Å². The van der Waals surface area contributed by atoms with Gasteiger partial charge in [0.15, 0.2) is 0 Å². The molecule has 0 aromatic heterocycles. The predicted octanol–water partition coefficient (Wildman–Crippen LogP) is 2.49. The first-order valence-electron chi connectivity index (χ1n) is 12.3. The van der Waals surface area contributed by atoms with Gasteiger partial charge >= 0.3 is 41.8 Å². The number of fused-ring (bicyclic) bond motifs is 1. The van der Waals surface area contributed by atoms with Crippen molar-refractivity contribution in [2.75, 3.05) is 13.2 Å². The van der Waals surface area contributed by atoms with Crippen molar-refractivity contribution >= 4 is 41.8 Å². The number of aliphatic hydroxyl groups excluding tert-OH is 2. The second kappa shape index (κ2) is 18.3. The normalized spacial score (nSPS) is 11.2. The molecule has 15 nitrogen and oxygen atoms in total. The number of unbranched alkanes of at least 4 members (excludes halogenated alkanes) is 1. The number of carboxylic acid groups (broad SMARTS) is 5. The number of aromatic carboxylic acids is 3. The first-order chi connectivity index (χ1) is 19.9. The van der Waals surface area contributed by atoms with E-state index >= 15 is 0 Å². The van der Waals surface area contributed by atoms with E-state index in [0.29, 0.717) is 12.8 Å². The Morgan fingerprint density at radius 2 is 0.953 bits per heavy atom. The van der Waals surface area contributed by atoms with Crippen molar-refractivity contribution in [2.45, 2.75) is 39.5 Å². The van der Waals surface area contributed by atoms with Crippen LogP contribution in [0.1, 0.15) is 91.3 Å². The third-order valence-electron chi connectivity index (χ3n) is 5.16. The smallest absolute Gasteiger partial charge is 0.346 e. The number of hydrogen-bond acceptors (Lipinski definition) is 10. The number of carbonyl (C=O) groups is 7. The van der Waals surface area contributed by atoms with E-state index in [1.54, 1.807) is 13.8 Å². The van der Waals surface area contributed by atoms with Gasteiger partial charge in [-0.15, -0.1) is 0 Å². The molecule has 3 rings (SSSR count). The van der Waals surface area contributed by atoms with Crippen LogP contribution < -0.4 is 0 Å². The fourth-order valence-corrected chi connectivity index (χ4v) is 2.58. The second-order valence-corrected chi connectivity index (χ2v) is 9.41. The number of aliphatic carboxylic acids is 2.